The second-order valence-corrected chi connectivity index (χ2v) is 4.42. The molecule has 0 bridgehead atoms. The maximum atomic E-state index is 10.6. The highest BCUT2D eigenvalue weighted by molar-refractivity contribution is 5.67. The van der Waals surface area contributed by atoms with E-state index in [0.29, 0.717) is 12.3 Å². The Hall–Kier alpha value is -1.31. The lowest BCUT2D eigenvalue weighted by atomic mass is 9.81. The Balaban J connectivity index is 2.17. The number of hydrogen-bond acceptors (Lipinski definition) is 1. The summed E-state index contributed by atoms with van der Waals surface area (Å²) < 4.78 is 0. The molecule has 2 nitrogen and oxygen atoms in total. The summed E-state index contributed by atoms with van der Waals surface area (Å²) >= 11 is 0. The summed E-state index contributed by atoms with van der Waals surface area (Å²) in [7, 11) is 0. The highest BCUT2D eigenvalue weighted by Gasteiger charge is 2.21. The van der Waals surface area contributed by atoms with Crippen molar-refractivity contribution >= 4 is 5.97 Å². The van der Waals surface area contributed by atoms with Gasteiger partial charge >= 0.3 is 5.97 Å². The van der Waals surface area contributed by atoms with E-state index in [1.165, 1.54) is 16.7 Å². The molecule has 80 valence electrons. The van der Waals surface area contributed by atoms with E-state index >= 15 is 0 Å². The van der Waals surface area contributed by atoms with Gasteiger partial charge in [0.25, 0.3) is 0 Å². The van der Waals surface area contributed by atoms with Crippen LogP contribution in [-0.4, -0.2) is 11.1 Å². The summed E-state index contributed by atoms with van der Waals surface area (Å²) in [6.45, 7) is 2.14. The summed E-state index contributed by atoms with van der Waals surface area (Å²) in [5.74, 6) is -0.340. The topological polar surface area (TPSA) is 37.3 Å². The number of benzene rings is 1. The number of carbonyl (C=O) groups is 1. The van der Waals surface area contributed by atoms with Gasteiger partial charge in [0.15, 0.2) is 0 Å². The van der Waals surface area contributed by atoms with Crippen molar-refractivity contribution in [2.75, 3.05) is 0 Å². The number of aliphatic carboxylic acids is 1. The summed E-state index contributed by atoms with van der Waals surface area (Å²) in [4.78, 5) is 10.6. The van der Waals surface area contributed by atoms with Crippen molar-refractivity contribution in [3.05, 3.63) is 34.9 Å². The predicted octanol–water partition coefficient (Wildman–Crippen LogP) is 2.57. The number of carboxylic acid groups (broad SMARTS) is 1. The Morgan fingerprint density at radius 1 is 1.53 bits per heavy atom. The second-order valence-electron chi connectivity index (χ2n) is 4.42. The largest absolute Gasteiger partial charge is 0.481 e. The fraction of sp³-hybridized carbons (Fsp3) is 0.462. The standard InChI is InChI=1S/C13H16O2/c1-9-3-2-4-11-7-10(8-13(14)15)5-6-12(9)11/h2-4,10H,5-8H2,1H3,(H,14,15). The molecule has 0 aliphatic heterocycles. The molecule has 1 aliphatic rings. The van der Waals surface area contributed by atoms with Crippen molar-refractivity contribution in [2.24, 2.45) is 5.92 Å². The number of carboxylic acids is 1. The van der Waals surface area contributed by atoms with Crippen LogP contribution in [0, 0.1) is 12.8 Å². The summed E-state index contributed by atoms with van der Waals surface area (Å²) in [6, 6.07) is 6.34. The average molecular weight is 204 g/mol. The predicted molar refractivity (Wildman–Crippen MR) is 58.9 cm³/mol. The zero-order chi connectivity index (χ0) is 10.8. The van der Waals surface area contributed by atoms with Crippen LogP contribution >= 0.6 is 0 Å². The highest BCUT2D eigenvalue weighted by atomic mass is 16.4. The van der Waals surface area contributed by atoms with E-state index in [9.17, 15) is 4.79 Å². The highest BCUT2D eigenvalue weighted by Crippen LogP contribution is 2.29. The number of aryl methyl sites for hydroxylation is 1. The van der Waals surface area contributed by atoms with Gasteiger partial charge in [-0.1, -0.05) is 18.2 Å². The molecule has 0 saturated heterocycles. The van der Waals surface area contributed by atoms with E-state index in [1.54, 1.807) is 0 Å². The fourth-order valence-corrected chi connectivity index (χ4v) is 2.49. The van der Waals surface area contributed by atoms with Crippen LogP contribution < -0.4 is 0 Å². The molecule has 0 saturated carbocycles. The quantitative estimate of drug-likeness (QED) is 0.804. The normalized spacial score (nSPS) is 19.7. The lowest BCUT2D eigenvalue weighted by molar-refractivity contribution is -0.138. The van der Waals surface area contributed by atoms with Gasteiger partial charge in [-0.2, -0.15) is 0 Å². The van der Waals surface area contributed by atoms with Gasteiger partial charge in [-0.15, -0.1) is 0 Å². The van der Waals surface area contributed by atoms with Crippen LogP contribution in [0.25, 0.3) is 0 Å². The Labute approximate surface area is 89.9 Å². The molecular weight excluding hydrogens is 188 g/mol. The first-order valence-electron chi connectivity index (χ1n) is 5.46. The minimum atomic E-state index is -0.670. The Bertz CT molecular complexity index is 382. The van der Waals surface area contributed by atoms with Gasteiger partial charge in [-0.3, -0.25) is 4.79 Å². The number of fused-ring (bicyclic) bond motifs is 1. The van der Waals surface area contributed by atoms with Crippen LogP contribution in [0.3, 0.4) is 0 Å². The van der Waals surface area contributed by atoms with Crippen molar-refractivity contribution in [3.8, 4) is 0 Å². The van der Waals surface area contributed by atoms with E-state index in [-0.39, 0.29) is 0 Å². The van der Waals surface area contributed by atoms with E-state index in [0.717, 1.165) is 19.3 Å². The zero-order valence-corrected chi connectivity index (χ0v) is 8.99. The summed E-state index contributed by atoms with van der Waals surface area (Å²) in [5.41, 5.74) is 4.15. The Morgan fingerprint density at radius 2 is 2.33 bits per heavy atom. The molecule has 2 rings (SSSR count). The molecule has 1 unspecified atom stereocenters. The monoisotopic (exact) mass is 204 g/mol. The van der Waals surface area contributed by atoms with Gasteiger partial charge in [-0.25, -0.2) is 0 Å². The fourth-order valence-electron chi connectivity index (χ4n) is 2.49. The summed E-state index contributed by atoms with van der Waals surface area (Å²) in [6.07, 6.45) is 3.31. The molecule has 1 aromatic carbocycles. The molecule has 1 aliphatic carbocycles. The molecular formula is C13H16O2. The lowest BCUT2D eigenvalue weighted by Gasteiger charge is -2.24. The van der Waals surface area contributed by atoms with Crippen molar-refractivity contribution in [1.29, 1.82) is 0 Å². The second kappa shape index (κ2) is 4.05. The minimum absolute atomic E-state index is 0.313. The smallest absolute Gasteiger partial charge is 0.303 e. The van der Waals surface area contributed by atoms with E-state index in [2.05, 4.69) is 25.1 Å². The van der Waals surface area contributed by atoms with Gasteiger partial charge in [0.1, 0.15) is 0 Å². The molecule has 1 N–H and O–H groups in total. The Kier molecular flexibility index (Phi) is 2.76. The molecule has 2 heteroatoms. The van der Waals surface area contributed by atoms with Crippen molar-refractivity contribution in [1.82, 2.24) is 0 Å². The van der Waals surface area contributed by atoms with Gasteiger partial charge < -0.3 is 5.11 Å². The SMILES string of the molecule is Cc1cccc2c1CCC(CC(=O)O)C2. The average Bonchev–Trinajstić information content (AvgIpc) is 2.17. The maximum Gasteiger partial charge on any atom is 0.303 e. The Morgan fingerprint density at radius 3 is 3.07 bits per heavy atom. The van der Waals surface area contributed by atoms with Gasteiger partial charge in [0, 0.05) is 6.42 Å². The molecule has 0 heterocycles. The molecule has 15 heavy (non-hydrogen) atoms. The zero-order valence-electron chi connectivity index (χ0n) is 8.99. The molecule has 0 radical (unpaired) electrons. The third-order valence-corrected chi connectivity index (χ3v) is 3.28. The van der Waals surface area contributed by atoms with Crippen molar-refractivity contribution in [2.45, 2.75) is 32.6 Å². The number of hydrogen-bond donors (Lipinski definition) is 1. The third-order valence-electron chi connectivity index (χ3n) is 3.28. The van der Waals surface area contributed by atoms with E-state index in [1.807, 2.05) is 0 Å². The van der Waals surface area contributed by atoms with Crippen LogP contribution in [0.2, 0.25) is 0 Å². The molecule has 0 fully saturated rings. The van der Waals surface area contributed by atoms with Gasteiger partial charge in [0.2, 0.25) is 0 Å². The van der Waals surface area contributed by atoms with Crippen molar-refractivity contribution < 1.29 is 9.90 Å². The molecule has 1 aromatic rings. The van der Waals surface area contributed by atoms with E-state index in [4.69, 9.17) is 5.11 Å². The summed E-state index contributed by atoms with van der Waals surface area (Å²) in [5, 5.41) is 8.77. The minimum Gasteiger partial charge on any atom is -0.481 e. The van der Waals surface area contributed by atoms with E-state index < -0.39 is 5.97 Å². The van der Waals surface area contributed by atoms with Crippen LogP contribution in [0.15, 0.2) is 18.2 Å². The van der Waals surface area contributed by atoms with Gasteiger partial charge in [0.05, 0.1) is 0 Å². The third kappa shape index (κ3) is 2.20. The van der Waals surface area contributed by atoms with Gasteiger partial charge in [-0.05, 0) is 48.8 Å². The van der Waals surface area contributed by atoms with Crippen LogP contribution in [-0.2, 0) is 17.6 Å². The molecule has 0 amide bonds. The number of rotatable bonds is 2. The van der Waals surface area contributed by atoms with Crippen LogP contribution in [0.4, 0.5) is 0 Å². The first-order chi connectivity index (χ1) is 7.16. The first-order valence-corrected chi connectivity index (χ1v) is 5.46. The first kappa shape index (κ1) is 10.2. The molecule has 0 aromatic heterocycles. The molecule has 1 atom stereocenters. The van der Waals surface area contributed by atoms with Crippen LogP contribution in [0.1, 0.15) is 29.5 Å². The van der Waals surface area contributed by atoms with Crippen LogP contribution in [0.5, 0.6) is 0 Å². The lowest BCUT2D eigenvalue weighted by Crippen LogP contribution is -2.18. The maximum absolute atomic E-state index is 10.6. The molecule has 0 spiro atoms. The van der Waals surface area contributed by atoms with Crippen molar-refractivity contribution in [3.63, 3.8) is 0 Å².